The van der Waals surface area contributed by atoms with Crippen molar-refractivity contribution in [3.63, 3.8) is 0 Å². The van der Waals surface area contributed by atoms with Crippen LogP contribution in [-0.2, 0) is 0 Å². The van der Waals surface area contributed by atoms with E-state index in [1.54, 1.807) is 0 Å². The molecule has 0 nitrogen and oxygen atoms in total. The van der Waals surface area contributed by atoms with Crippen LogP contribution < -0.4 is 0 Å². The van der Waals surface area contributed by atoms with Gasteiger partial charge in [-0.15, -0.1) is 0 Å². The van der Waals surface area contributed by atoms with Gasteiger partial charge in [-0.1, -0.05) is 25.5 Å². The van der Waals surface area contributed by atoms with E-state index in [0.717, 1.165) is 12.8 Å². The molecule has 0 spiro atoms. The van der Waals surface area contributed by atoms with Crippen molar-refractivity contribution in [1.29, 1.82) is 0 Å². The summed E-state index contributed by atoms with van der Waals surface area (Å²) in [6, 6.07) is 0. The van der Waals surface area contributed by atoms with Gasteiger partial charge >= 0.3 is 0 Å². The molecule has 0 saturated carbocycles. The van der Waals surface area contributed by atoms with Crippen LogP contribution in [0, 0.1) is 17.8 Å². The van der Waals surface area contributed by atoms with Gasteiger partial charge in [0.1, 0.15) is 5.83 Å². The summed E-state index contributed by atoms with van der Waals surface area (Å²) in [4.78, 5) is 0. The molecule has 0 aromatic heterocycles. The van der Waals surface area contributed by atoms with E-state index in [1.807, 2.05) is 19.1 Å². The maximum absolute atomic E-state index is 14.2. The molecule has 3 heteroatoms. The Kier molecular flexibility index (Phi) is 3.15. The molecular formula is C16H17F3. The van der Waals surface area contributed by atoms with Crippen molar-refractivity contribution in [1.82, 2.24) is 0 Å². The maximum Gasteiger partial charge on any atom is 0.162 e. The predicted octanol–water partition coefficient (Wildman–Crippen LogP) is 5.31. The number of hydrogen-bond donors (Lipinski definition) is 0. The second kappa shape index (κ2) is 4.69. The van der Waals surface area contributed by atoms with Gasteiger partial charge in [0.2, 0.25) is 0 Å². The first-order valence-electron chi connectivity index (χ1n) is 6.96. The Morgan fingerprint density at radius 1 is 1.16 bits per heavy atom. The molecule has 3 atom stereocenters. The smallest absolute Gasteiger partial charge is 0.162 e. The summed E-state index contributed by atoms with van der Waals surface area (Å²) in [5.74, 6) is -2.11. The molecule has 3 aliphatic rings. The second-order valence-corrected chi connectivity index (χ2v) is 5.61. The first-order valence-corrected chi connectivity index (χ1v) is 6.96. The lowest BCUT2D eigenvalue weighted by Gasteiger charge is -2.34. The van der Waals surface area contributed by atoms with Crippen LogP contribution >= 0.6 is 0 Å². The highest BCUT2D eigenvalue weighted by Gasteiger charge is 2.44. The summed E-state index contributed by atoms with van der Waals surface area (Å²) >= 11 is 0. The van der Waals surface area contributed by atoms with Crippen molar-refractivity contribution < 1.29 is 13.2 Å². The molecule has 0 fully saturated rings. The van der Waals surface area contributed by atoms with E-state index in [1.165, 1.54) is 6.08 Å². The summed E-state index contributed by atoms with van der Waals surface area (Å²) in [5, 5.41) is 0. The molecule has 0 aromatic carbocycles. The van der Waals surface area contributed by atoms with Gasteiger partial charge in [0.05, 0.1) is 0 Å². The standard InChI is InChI=1S/C16H17F3/c1-2-3-4-12-11-6-5-9-7-10(17)8-13(14(9)11)16(19)15(12)18/h5-6,8-9,11,14H,2-4,7H2,1H3. The van der Waals surface area contributed by atoms with Crippen LogP contribution in [0.5, 0.6) is 0 Å². The minimum absolute atomic E-state index is 0.0134. The zero-order valence-corrected chi connectivity index (χ0v) is 10.9. The van der Waals surface area contributed by atoms with Gasteiger partial charge in [-0.3, -0.25) is 0 Å². The van der Waals surface area contributed by atoms with Crippen LogP contribution in [0.4, 0.5) is 13.2 Å². The van der Waals surface area contributed by atoms with Crippen LogP contribution in [0.15, 0.2) is 46.9 Å². The van der Waals surface area contributed by atoms with Crippen LogP contribution in [0.25, 0.3) is 0 Å². The first-order chi connectivity index (χ1) is 9.13. The van der Waals surface area contributed by atoms with Crippen molar-refractivity contribution in [3.8, 4) is 0 Å². The Hall–Kier alpha value is -1.25. The van der Waals surface area contributed by atoms with E-state index in [4.69, 9.17) is 0 Å². The average Bonchev–Trinajstić information content (AvgIpc) is 2.80. The van der Waals surface area contributed by atoms with Crippen LogP contribution in [-0.4, -0.2) is 0 Å². The molecule has 0 amide bonds. The van der Waals surface area contributed by atoms with Gasteiger partial charge in [0.25, 0.3) is 0 Å². The minimum atomic E-state index is -0.837. The molecular weight excluding hydrogens is 249 g/mol. The number of rotatable bonds is 3. The van der Waals surface area contributed by atoms with Crippen molar-refractivity contribution in [2.24, 2.45) is 17.8 Å². The molecule has 19 heavy (non-hydrogen) atoms. The van der Waals surface area contributed by atoms with Crippen LogP contribution in [0.1, 0.15) is 32.6 Å². The molecule has 0 saturated heterocycles. The number of allylic oxidation sites excluding steroid dienone is 8. The first kappa shape index (κ1) is 12.8. The Bertz CT molecular complexity index is 522. The van der Waals surface area contributed by atoms with Crippen LogP contribution in [0.3, 0.4) is 0 Å². The fraction of sp³-hybridized carbons (Fsp3) is 0.500. The lowest BCUT2D eigenvalue weighted by Crippen LogP contribution is -2.27. The van der Waals surface area contributed by atoms with E-state index in [-0.39, 0.29) is 29.2 Å². The van der Waals surface area contributed by atoms with Gasteiger partial charge in [-0.2, -0.15) is 0 Å². The fourth-order valence-corrected chi connectivity index (χ4v) is 3.54. The summed E-state index contributed by atoms with van der Waals surface area (Å²) in [6.45, 7) is 2.03. The third-order valence-electron chi connectivity index (χ3n) is 4.45. The topological polar surface area (TPSA) is 0 Å². The minimum Gasteiger partial charge on any atom is -0.212 e. The third-order valence-corrected chi connectivity index (χ3v) is 4.45. The summed E-state index contributed by atoms with van der Waals surface area (Å²) in [5.41, 5.74) is 0.795. The number of hydrogen-bond acceptors (Lipinski definition) is 0. The fourth-order valence-electron chi connectivity index (χ4n) is 3.54. The average molecular weight is 266 g/mol. The maximum atomic E-state index is 14.2. The number of unbranched alkanes of at least 4 members (excludes halogenated alkanes) is 1. The summed E-state index contributed by atoms with van der Waals surface area (Å²) in [7, 11) is 0. The zero-order valence-electron chi connectivity index (χ0n) is 10.9. The lowest BCUT2D eigenvalue weighted by atomic mass is 9.70. The molecule has 3 rings (SSSR count). The van der Waals surface area contributed by atoms with Crippen molar-refractivity contribution in [3.05, 3.63) is 46.9 Å². The van der Waals surface area contributed by atoms with Gasteiger partial charge in [0.15, 0.2) is 11.7 Å². The molecule has 0 aromatic rings. The molecule has 0 N–H and O–H groups in total. The highest BCUT2D eigenvalue weighted by atomic mass is 19.2. The van der Waals surface area contributed by atoms with Gasteiger partial charge < -0.3 is 0 Å². The van der Waals surface area contributed by atoms with Crippen molar-refractivity contribution in [2.45, 2.75) is 32.6 Å². The molecule has 0 bridgehead atoms. The highest BCUT2D eigenvalue weighted by molar-refractivity contribution is 5.49. The second-order valence-electron chi connectivity index (χ2n) is 5.61. The number of halogens is 3. The van der Waals surface area contributed by atoms with Crippen molar-refractivity contribution >= 4 is 0 Å². The predicted molar refractivity (Wildman–Crippen MR) is 69.2 cm³/mol. The van der Waals surface area contributed by atoms with Gasteiger partial charge in [-0.25, -0.2) is 13.2 Å². The Morgan fingerprint density at radius 3 is 2.68 bits per heavy atom. The van der Waals surface area contributed by atoms with E-state index in [0.29, 0.717) is 18.4 Å². The Morgan fingerprint density at radius 2 is 1.95 bits per heavy atom. The highest BCUT2D eigenvalue weighted by Crippen LogP contribution is 2.53. The van der Waals surface area contributed by atoms with Gasteiger partial charge in [0, 0.05) is 18.3 Å². The third kappa shape index (κ3) is 1.90. The monoisotopic (exact) mass is 266 g/mol. The molecule has 0 heterocycles. The van der Waals surface area contributed by atoms with Crippen LogP contribution in [0.2, 0.25) is 0 Å². The van der Waals surface area contributed by atoms with E-state index >= 15 is 0 Å². The lowest BCUT2D eigenvalue weighted by molar-refractivity contribution is 0.340. The van der Waals surface area contributed by atoms with E-state index in [9.17, 15) is 13.2 Å². The van der Waals surface area contributed by atoms with E-state index < -0.39 is 11.7 Å². The molecule has 3 aliphatic carbocycles. The molecule has 0 radical (unpaired) electrons. The molecule has 3 unspecified atom stereocenters. The molecule has 0 aliphatic heterocycles. The molecule has 102 valence electrons. The summed E-state index contributed by atoms with van der Waals surface area (Å²) in [6.07, 6.45) is 7.79. The van der Waals surface area contributed by atoms with Gasteiger partial charge in [-0.05, 0) is 36.0 Å². The quantitative estimate of drug-likeness (QED) is 0.607. The zero-order chi connectivity index (χ0) is 13.6. The summed E-state index contributed by atoms with van der Waals surface area (Å²) < 4.78 is 41.8. The van der Waals surface area contributed by atoms with E-state index in [2.05, 4.69) is 0 Å². The largest absolute Gasteiger partial charge is 0.212 e. The Labute approximate surface area is 111 Å². The normalized spacial score (nSPS) is 32.8. The van der Waals surface area contributed by atoms with Crippen molar-refractivity contribution in [2.75, 3.05) is 0 Å². The Balaban J connectivity index is 2.07. The SMILES string of the molecule is CCCCC1=C(F)C(F)=C2C=C(F)CC3C=CC1C23.